The molecule has 0 amide bonds. The van der Waals surface area contributed by atoms with Gasteiger partial charge in [0.2, 0.25) is 0 Å². The zero-order chi connectivity index (χ0) is 9.14. The van der Waals surface area contributed by atoms with E-state index < -0.39 is 0 Å². The van der Waals surface area contributed by atoms with Crippen LogP contribution in [0.1, 0.15) is 30.5 Å². The van der Waals surface area contributed by atoms with Crippen LogP contribution in [0.5, 0.6) is 0 Å². The van der Waals surface area contributed by atoms with Crippen molar-refractivity contribution >= 4 is 11.3 Å². The van der Waals surface area contributed by atoms with Gasteiger partial charge in [0, 0.05) is 17.0 Å². The fourth-order valence-corrected chi connectivity index (χ4v) is 2.18. The second-order valence-corrected chi connectivity index (χ2v) is 4.25. The lowest BCUT2D eigenvalue weighted by molar-refractivity contribution is 0.237. The predicted octanol–water partition coefficient (Wildman–Crippen LogP) is 2.18. The molecule has 0 saturated carbocycles. The van der Waals surface area contributed by atoms with Gasteiger partial charge in [-0.3, -0.25) is 0 Å². The molecule has 0 saturated heterocycles. The Labute approximate surface area is 77.3 Å². The third-order valence-corrected chi connectivity index (χ3v) is 3.05. The van der Waals surface area contributed by atoms with Gasteiger partial charge in [0.05, 0.1) is 11.6 Å². The maximum Gasteiger partial charge on any atom is 0.0984 e. The van der Waals surface area contributed by atoms with Crippen molar-refractivity contribution in [3.8, 4) is 0 Å². The number of hydrogen-bond donors (Lipinski definition) is 1. The Bertz CT molecular complexity index is 244. The van der Waals surface area contributed by atoms with Crippen LogP contribution in [-0.4, -0.2) is 16.7 Å². The number of aryl methyl sites for hydroxylation is 1. The maximum atomic E-state index is 9.13. The van der Waals surface area contributed by atoms with Gasteiger partial charge in [0.1, 0.15) is 0 Å². The minimum absolute atomic E-state index is 0.199. The summed E-state index contributed by atoms with van der Waals surface area (Å²) in [6.07, 6.45) is 0. The molecule has 0 aliphatic rings. The van der Waals surface area contributed by atoms with Crippen molar-refractivity contribution in [2.24, 2.45) is 5.92 Å². The molecule has 0 radical (unpaired) electrons. The third-order valence-electron chi connectivity index (χ3n) is 1.96. The van der Waals surface area contributed by atoms with E-state index >= 15 is 0 Å². The highest BCUT2D eigenvalue weighted by molar-refractivity contribution is 7.09. The zero-order valence-electron chi connectivity index (χ0n) is 7.74. The monoisotopic (exact) mass is 185 g/mol. The number of hydrogen-bond acceptors (Lipinski definition) is 3. The van der Waals surface area contributed by atoms with E-state index in [0.717, 1.165) is 10.7 Å². The van der Waals surface area contributed by atoms with E-state index in [9.17, 15) is 0 Å². The Balaban J connectivity index is 2.80. The lowest BCUT2D eigenvalue weighted by atomic mass is 9.98. The van der Waals surface area contributed by atoms with E-state index in [1.54, 1.807) is 11.3 Å². The molecule has 1 atom stereocenters. The van der Waals surface area contributed by atoms with Crippen molar-refractivity contribution in [3.63, 3.8) is 0 Å². The normalized spacial score (nSPS) is 13.8. The summed E-state index contributed by atoms with van der Waals surface area (Å²) in [5, 5.41) is 12.2. The van der Waals surface area contributed by atoms with Crippen LogP contribution in [-0.2, 0) is 0 Å². The topological polar surface area (TPSA) is 33.1 Å². The molecular formula is C9H15NOS. The first-order valence-corrected chi connectivity index (χ1v) is 5.06. The number of aliphatic hydroxyl groups excluding tert-OH is 1. The molecule has 2 nitrogen and oxygen atoms in total. The van der Waals surface area contributed by atoms with Gasteiger partial charge in [-0.05, 0) is 12.8 Å². The highest BCUT2D eigenvalue weighted by Gasteiger charge is 2.17. The minimum atomic E-state index is 0.199. The number of aromatic nitrogens is 1. The summed E-state index contributed by atoms with van der Waals surface area (Å²) in [5.41, 5.74) is 1.05. The van der Waals surface area contributed by atoms with Crippen LogP contribution >= 0.6 is 11.3 Å². The number of thiazole rings is 1. The van der Waals surface area contributed by atoms with Crippen molar-refractivity contribution < 1.29 is 5.11 Å². The molecule has 1 aromatic heterocycles. The standard InChI is InChI=1S/C9H15NOS/c1-6(2)8(4-11)9-10-7(3)5-12-9/h5-6,8,11H,4H2,1-3H3. The van der Waals surface area contributed by atoms with Gasteiger partial charge in [-0.1, -0.05) is 13.8 Å². The maximum absolute atomic E-state index is 9.13. The first kappa shape index (κ1) is 9.68. The second-order valence-electron chi connectivity index (χ2n) is 3.36. The van der Waals surface area contributed by atoms with Gasteiger partial charge < -0.3 is 5.11 Å². The fraction of sp³-hybridized carbons (Fsp3) is 0.667. The van der Waals surface area contributed by atoms with E-state index in [1.165, 1.54) is 0 Å². The Morgan fingerprint density at radius 1 is 1.58 bits per heavy atom. The summed E-state index contributed by atoms with van der Waals surface area (Å²) >= 11 is 1.64. The van der Waals surface area contributed by atoms with Crippen LogP contribution in [0.15, 0.2) is 5.38 Å². The smallest absolute Gasteiger partial charge is 0.0984 e. The average molecular weight is 185 g/mol. The molecule has 3 heteroatoms. The molecule has 0 aromatic carbocycles. The molecule has 1 unspecified atom stereocenters. The Hall–Kier alpha value is -0.410. The molecule has 12 heavy (non-hydrogen) atoms. The number of nitrogens with zero attached hydrogens (tertiary/aromatic N) is 1. The van der Waals surface area contributed by atoms with Crippen molar-refractivity contribution in [2.75, 3.05) is 6.61 Å². The van der Waals surface area contributed by atoms with Gasteiger partial charge in [-0.2, -0.15) is 0 Å². The van der Waals surface area contributed by atoms with Gasteiger partial charge in [-0.25, -0.2) is 4.98 Å². The predicted molar refractivity (Wildman–Crippen MR) is 51.5 cm³/mol. The molecule has 1 aromatic rings. The second kappa shape index (κ2) is 4.01. The van der Waals surface area contributed by atoms with E-state index in [0.29, 0.717) is 5.92 Å². The largest absolute Gasteiger partial charge is 0.396 e. The summed E-state index contributed by atoms with van der Waals surface area (Å²) < 4.78 is 0. The lowest BCUT2D eigenvalue weighted by Gasteiger charge is -2.14. The summed E-state index contributed by atoms with van der Waals surface area (Å²) in [6, 6.07) is 0. The van der Waals surface area contributed by atoms with Crippen molar-refractivity contribution in [2.45, 2.75) is 26.7 Å². The summed E-state index contributed by atoms with van der Waals surface area (Å²) in [4.78, 5) is 4.36. The fourth-order valence-electron chi connectivity index (χ4n) is 1.12. The van der Waals surface area contributed by atoms with E-state index in [2.05, 4.69) is 18.8 Å². The Morgan fingerprint density at radius 2 is 2.25 bits per heavy atom. The molecule has 1 rings (SSSR count). The van der Waals surface area contributed by atoms with Crippen LogP contribution < -0.4 is 0 Å². The van der Waals surface area contributed by atoms with Gasteiger partial charge >= 0.3 is 0 Å². The van der Waals surface area contributed by atoms with Crippen molar-refractivity contribution in [1.29, 1.82) is 0 Å². The van der Waals surface area contributed by atoms with Gasteiger partial charge in [-0.15, -0.1) is 11.3 Å². The Morgan fingerprint density at radius 3 is 2.58 bits per heavy atom. The van der Waals surface area contributed by atoms with Crippen LogP contribution in [0, 0.1) is 12.8 Å². The first-order chi connectivity index (χ1) is 5.65. The number of rotatable bonds is 3. The molecule has 0 bridgehead atoms. The van der Waals surface area contributed by atoms with Crippen LogP contribution in [0.3, 0.4) is 0 Å². The Kier molecular flexibility index (Phi) is 3.23. The van der Waals surface area contributed by atoms with E-state index in [1.807, 2.05) is 12.3 Å². The lowest BCUT2D eigenvalue weighted by Crippen LogP contribution is -2.10. The molecule has 0 fully saturated rings. The quantitative estimate of drug-likeness (QED) is 0.783. The van der Waals surface area contributed by atoms with E-state index in [-0.39, 0.29) is 12.5 Å². The molecular weight excluding hydrogens is 170 g/mol. The molecule has 68 valence electrons. The van der Waals surface area contributed by atoms with Crippen molar-refractivity contribution in [1.82, 2.24) is 4.98 Å². The molecule has 0 aliphatic heterocycles. The van der Waals surface area contributed by atoms with Gasteiger partial charge in [0.15, 0.2) is 0 Å². The third kappa shape index (κ3) is 2.05. The molecule has 0 spiro atoms. The van der Waals surface area contributed by atoms with Crippen molar-refractivity contribution in [3.05, 3.63) is 16.1 Å². The van der Waals surface area contributed by atoms with Gasteiger partial charge in [0.25, 0.3) is 0 Å². The minimum Gasteiger partial charge on any atom is -0.396 e. The first-order valence-electron chi connectivity index (χ1n) is 4.18. The molecule has 0 aliphatic carbocycles. The molecule has 1 N–H and O–H groups in total. The SMILES string of the molecule is Cc1csc(C(CO)C(C)C)n1. The zero-order valence-corrected chi connectivity index (χ0v) is 8.56. The summed E-state index contributed by atoms with van der Waals surface area (Å²) in [7, 11) is 0. The van der Waals surface area contributed by atoms with Crippen LogP contribution in [0.2, 0.25) is 0 Å². The average Bonchev–Trinajstić information content (AvgIpc) is 2.37. The molecule has 1 heterocycles. The number of aliphatic hydroxyl groups is 1. The van der Waals surface area contributed by atoms with Crippen LogP contribution in [0.25, 0.3) is 0 Å². The summed E-state index contributed by atoms with van der Waals surface area (Å²) in [5.74, 6) is 0.671. The highest BCUT2D eigenvalue weighted by Crippen LogP contribution is 2.26. The van der Waals surface area contributed by atoms with E-state index in [4.69, 9.17) is 5.11 Å². The van der Waals surface area contributed by atoms with Crippen LogP contribution in [0.4, 0.5) is 0 Å². The summed E-state index contributed by atoms with van der Waals surface area (Å²) in [6.45, 7) is 6.40. The highest BCUT2D eigenvalue weighted by atomic mass is 32.1.